The minimum atomic E-state index is 0.494. The number of aromatic nitrogens is 1. The van der Waals surface area contributed by atoms with Crippen molar-refractivity contribution < 1.29 is 4.74 Å². The van der Waals surface area contributed by atoms with Crippen molar-refractivity contribution in [2.45, 2.75) is 39.3 Å². The van der Waals surface area contributed by atoms with Crippen molar-refractivity contribution in [2.75, 3.05) is 0 Å². The number of nitrogens with zero attached hydrogens (tertiary/aromatic N) is 1. The molecule has 4 heteroatoms. The second-order valence-corrected chi connectivity index (χ2v) is 5.55. The van der Waals surface area contributed by atoms with Gasteiger partial charge in [-0.1, -0.05) is 26.0 Å². The van der Waals surface area contributed by atoms with Crippen LogP contribution in [0.1, 0.15) is 42.5 Å². The molecule has 19 heavy (non-hydrogen) atoms. The maximum atomic E-state index is 5.72. The van der Waals surface area contributed by atoms with Crippen LogP contribution < -0.4 is 10.5 Å². The van der Waals surface area contributed by atoms with Gasteiger partial charge in [-0.25, -0.2) is 4.98 Å². The molecular formula is C15H20N2OS. The van der Waals surface area contributed by atoms with Gasteiger partial charge in [0.1, 0.15) is 17.4 Å². The molecule has 0 aliphatic heterocycles. The van der Waals surface area contributed by atoms with Crippen LogP contribution in [0.15, 0.2) is 29.6 Å². The smallest absolute Gasteiger partial charge is 0.131 e. The fourth-order valence-electron chi connectivity index (χ4n) is 1.79. The van der Waals surface area contributed by atoms with E-state index < -0.39 is 0 Å². The van der Waals surface area contributed by atoms with E-state index in [4.69, 9.17) is 10.5 Å². The van der Waals surface area contributed by atoms with Gasteiger partial charge in [-0.2, -0.15) is 0 Å². The molecule has 0 aliphatic rings. The molecular weight excluding hydrogens is 256 g/mol. The summed E-state index contributed by atoms with van der Waals surface area (Å²) in [7, 11) is 0. The first kappa shape index (κ1) is 14.0. The summed E-state index contributed by atoms with van der Waals surface area (Å²) in [4.78, 5) is 4.37. The lowest BCUT2D eigenvalue weighted by Gasteiger charge is -2.10. The number of benzene rings is 1. The van der Waals surface area contributed by atoms with Gasteiger partial charge in [-0.3, -0.25) is 0 Å². The van der Waals surface area contributed by atoms with Crippen molar-refractivity contribution >= 4 is 11.3 Å². The minimum absolute atomic E-state index is 0.494. The molecule has 2 rings (SSSR count). The molecule has 0 radical (unpaired) electrons. The highest BCUT2D eigenvalue weighted by atomic mass is 32.1. The summed E-state index contributed by atoms with van der Waals surface area (Å²) >= 11 is 1.58. The molecule has 0 spiro atoms. The third kappa shape index (κ3) is 3.78. The van der Waals surface area contributed by atoms with E-state index in [9.17, 15) is 0 Å². The van der Waals surface area contributed by atoms with E-state index >= 15 is 0 Å². The predicted octanol–water partition coefficient (Wildman–Crippen LogP) is 3.69. The monoisotopic (exact) mass is 276 g/mol. The topological polar surface area (TPSA) is 48.1 Å². The van der Waals surface area contributed by atoms with Crippen LogP contribution in [0.3, 0.4) is 0 Å². The second-order valence-electron chi connectivity index (χ2n) is 4.60. The highest BCUT2D eigenvalue weighted by molar-refractivity contribution is 7.09. The lowest BCUT2D eigenvalue weighted by molar-refractivity contribution is 0.302. The number of ether oxygens (including phenoxy) is 1. The van der Waals surface area contributed by atoms with Gasteiger partial charge in [0.25, 0.3) is 0 Å². The Morgan fingerprint density at radius 1 is 1.32 bits per heavy atom. The summed E-state index contributed by atoms with van der Waals surface area (Å²) in [5, 5.41) is 2.95. The molecule has 2 aromatic rings. The summed E-state index contributed by atoms with van der Waals surface area (Å²) in [5.74, 6) is 1.48. The van der Waals surface area contributed by atoms with Gasteiger partial charge in [0.15, 0.2) is 0 Å². The van der Waals surface area contributed by atoms with Crippen LogP contribution in [-0.4, -0.2) is 4.98 Å². The zero-order chi connectivity index (χ0) is 13.7. The van der Waals surface area contributed by atoms with Crippen molar-refractivity contribution in [1.29, 1.82) is 0 Å². The largest absolute Gasteiger partial charge is 0.487 e. The number of hydrogen-bond acceptors (Lipinski definition) is 4. The Kier molecular flexibility index (Phi) is 4.93. The normalized spacial score (nSPS) is 12.4. The van der Waals surface area contributed by atoms with E-state index in [-0.39, 0.29) is 0 Å². The molecule has 1 atom stereocenters. The van der Waals surface area contributed by atoms with Crippen LogP contribution in [0.25, 0.3) is 0 Å². The van der Waals surface area contributed by atoms with E-state index in [1.54, 1.807) is 11.3 Å². The molecule has 0 amide bonds. The number of rotatable bonds is 6. The third-order valence-electron chi connectivity index (χ3n) is 3.22. The fraction of sp³-hybridized carbons (Fsp3) is 0.400. The highest BCUT2D eigenvalue weighted by Crippen LogP contribution is 2.22. The number of thiazole rings is 1. The van der Waals surface area contributed by atoms with Gasteiger partial charge in [0, 0.05) is 11.9 Å². The summed E-state index contributed by atoms with van der Waals surface area (Å²) in [5.41, 5.74) is 7.83. The average molecular weight is 276 g/mol. The van der Waals surface area contributed by atoms with Gasteiger partial charge >= 0.3 is 0 Å². The molecule has 2 N–H and O–H groups in total. The van der Waals surface area contributed by atoms with Gasteiger partial charge in [0.05, 0.1) is 5.69 Å². The summed E-state index contributed by atoms with van der Waals surface area (Å²) in [6.45, 7) is 5.43. The van der Waals surface area contributed by atoms with Gasteiger partial charge in [-0.05, 0) is 30.0 Å². The first-order valence-electron chi connectivity index (χ1n) is 6.59. The number of hydrogen-bond donors (Lipinski definition) is 1. The Morgan fingerprint density at radius 2 is 2.05 bits per heavy atom. The van der Waals surface area contributed by atoms with Crippen LogP contribution in [-0.2, 0) is 13.2 Å². The standard InChI is InChI=1S/C15H20N2OS/c1-3-11(2)12-4-6-14(7-5-12)18-9-13-10-19-15(8-16)17-13/h4-7,10-11H,3,8-9,16H2,1-2H3. The third-order valence-corrected chi connectivity index (χ3v) is 4.14. The van der Waals surface area contributed by atoms with Crippen molar-refractivity contribution in [3.8, 4) is 5.75 Å². The van der Waals surface area contributed by atoms with Crippen LogP contribution in [0.5, 0.6) is 5.75 Å². The first-order chi connectivity index (χ1) is 9.22. The molecule has 0 bridgehead atoms. The Hall–Kier alpha value is -1.39. The second kappa shape index (κ2) is 6.68. The van der Waals surface area contributed by atoms with Crippen LogP contribution in [0.2, 0.25) is 0 Å². The van der Waals surface area contributed by atoms with Crippen molar-refractivity contribution in [3.05, 3.63) is 45.9 Å². The summed E-state index contributed by atoms with van der Waals surface area (Å²) < 4.78 is 5.72. The van der Waals surface area contributed by atoms with E-state index in [1.807, 2.05) is 17.5 Å². The van der Waals surface area contributed by atoms with Crippen molar-refractivity contribution in [1.82, 2.24) is 4.98 Å². The Morgan fingerprint density at radius 3 is 2.63 bits per heavy atom. The summed E-state index contributed by atoms with van der Waals surface area (Å²) in [6.07, 6.45) is 1.15. The van der Waals surface area contributed by atoms with Crippen LogP contribution in [0.4, 0.5) is 0 Å². The average Bonchev–Trinajstić information content (AvgIpc) is 2.93. The highest BCUT2D eigenvalue weighted by Gasteiger charge is 2.04. The molecule has 0 fully saturated rings. The Labute approximate surface area is 118 Å². The maximum Gasteiger partial charge on any atom is 0.131 e. The lowest BCUT2D eigenvalue weighted by Crippen LogP contribution is -1.99. The minimum Gasteiger partial charge on any atom is -0.487 e. The quantitative estimate of drug-likeness (QED) is 0.875. The van der Waals surface area contributed by atoms with Crippen LogP contribution in [0, 0.1) is 0 Å². The molecule has 3 nitrogen and oxygen atoms in total. The molecule has 0 aliphatic carbocycles. The van der Waals surface area contributed by atoms with E-state index in [1.165, 1.54) is 5.56 Å². The van der Waals surface area contributed by atoms with Crippen LogP contribution >= 0.6 is 11.3 Å². The summed E-state index contributed by atoms with van der Waals surface area (Å²) in [6, 6.07) is 8.32. The van der Waals surface area contributed by atoms with Gasteiger partial charge in [-0.15, -0.1) is 11.3 Å². The molecule has 0 saturated carbocycles. The molecule has 102 valence electrons. The molecule has 1 unspecified atom stereocenters. The fourth-order valence-corrected chi connectivity index (χ4v) is 2.45. The molecule has 1 aromatic carbocycles. The molecule has 1 heterocycles. The zero-order valence-corrected chi connectivity index (χ0v) is 12.2. The molecule has 1 aromatic heterocycles. The Bertz CT molecular complexity index is 507. The van der Waals surface area contributed by atoms with Gasteiger partial charge in [0.2, 0.25) is 0 Å². The lowest BCUT2D eigenvalue weighted by atomic mass is 9.99. The SMILES string of the molecule is CCC(C)c1ccc(OCc2csc(CN)n2)cc1. The Balaban J connectivity index is 1.92. The van der Waals surface area contributed by atoms with Gasteiger partial charge < -0.3 is 10.5 Å². The van der Waals surface area contributed by atoms with E-state index in [0.29, 0.717) is 19.1 Å². The first-order valence-corrected chi connectivity index (χ1v) is 7.47. The zero-order valence-electron chi connectivity index (χ0n) is 11.4. The van der Waals surface area contributed by atoms with E-state index in [2.05, 4.69) is 31.0 Å². The number of nitrogens with two attached hydrogens (primary N) is 1. The van der Waals surface area contributed by atoms with Crippen molar-refractivity contribution in [3.63, 3.8) is 0 Å². The van der Waals surface area contributed by atoms with E-state index in [0.717, 1.165) is 22.9 Å². The maximum absolute atomic E-state index is 5.72. The van der Waals surface area contributed by atoms with Crippen molar-refractivity contribution in [2.24, 2.45) is 5.73 Å². The molecule has 0 saturated heterocycles. The predicted molar refractivity (Wildman–Crippen MR) is 79.5 cm³/mol.